The summed E-state index contributed by atoms with van der Waals surface area (Å²) >= 11 is 0. The Morgan fingerprint density at radius 3 is 2.53 bits per heavy atom. The molecular weight excluding hydrogens is 208 g/mol. The number of nitrogens with zero attached hydrogens (tertiary/aromatic N) is 1. The predicted octanol–water partition coefficient (Wildman–Crippen LogP) is 2.65. The summed E-state index contributed by atoms with van der Waals surface area (Å²) in [5.74, 6) is 0. The third-order valence-electron chi connectivity index (χ3n) is 3.54. The molecule has 2 nitrogen and oxygen atoms in total. The molecule has 0 saturated carbocycles. The molecule has 0 saturated heterocycles. The fraction of sp³-hybridized carbons (Fsp3) is 0.600. The maximum Gasteiger partial charge on any atom is 0.0240 e. The molecule has 2 heteroatoms. The fourth-order valence-electron chi connectivity index (χ4n) is 2.40. The van der Waals surface area contributed by atoms with Gasteiger partial charge in [0.05, 0.1) is 0 Å². The summed E-state index contributed by atoms with van der Waals surface area (Å²) in [5, 5.41) is 0. The molecule has 1 aliphatic heterocycles. The SMILES string of the molecule is CC(C)(C)c1ccc2c(c1)CN(CCCN)C2. The van der Waals surface area contributed by atoms with Crippen LogP contribution in [0.3, 0.4) is 0 Å². The number of fused-ring (bicyclic) bond motifs is 1. The maximum absolute atomic E-state index is 5.57. The lowest BCUT2D eigenvalue weighted by Crippen LogP contribution is -2.20. The van der Waals surface area contributed by atoms with Crippen LogP contribution in [0.4, 0.5) is 0 Å². The van der Waals surface area contributed by atoms with Gasteiger partial charge in [-0.15, -0.1) is 0 Å². The van der Waals surface area contributed by atoms with E-state index in [-0.39, 0.29) is 5.41 Å². The smallest absolute Gasteiger partial charge is 0.0240 e. The predicted molar refractivity (Wildman–Crippen MR) is 72.9 cm³/mol. The average molecular weight is 232 g/mol. The lowest BCUT2D eigenvalue weighted by molar-refractivity contribution is 0.282. The van der Waals surface area contributed by atoms with E-state index in [2.05, 4.69) is 43.9 Å². The molecule has 0 atom stereocenters. The first-order valence-electron chi connectivity index (χ1n) is 6.55. The van der Waals surface area contributed by atoms with Crippen LogP contribution in [0.25, 0.3) is 0 Å². The van der Waals surface area contributed by atoms with E-state index in [4.69, 9.17) is 5.73 Å². The summed E-state index contributed by atoms with van der Waals surface area (Å²) in [7, 11) is 0. The van der Waals surface area contributed by atoms with Crippen LogP contribution >= 0.6 is 0 Å². The number of hydrogen-bond donors (Lipinski definition) is 1. The average Bonchev–Trinajstić information content (AvgIpc) is 2.66. The van der Waals surface area contributed by atoms with Crippen molar-refractivity contribution >= 4 is 0 Å². The van der Waals surface area contributed by atoms with Crippen molar-refractivity contribution in [2.24, 2.45) is 5.73 Å². The summed E-state index contributed by atoms with van der Waals surface area (Å²) in [6.07, 6.45) is 1.10. The maximum atomic E-state index is 5.57. The molecule has 2 rings (SSSR count). The minimum atomic E-state index is 0.250. The minimum Gasteiger partial charge on any atom is -0.330 e. The Labute approximate surface area is 105 Å². The molecule has 0 aliphatic carbocycles. The van der Waals surface area contributed by atoms with Gasteiger partial charge in [0.2, 0.25) is 0 Å². The molecule has 17 heavy (non-hydrogen) atoms. The Kier molecular flexibility index (Phi) is 3.55. The zero-order valence-electron chi connectivity index (χ0n) is 11.3. The van der Waals surface area contributed by atoms with E-state index in [0.29, 0.717) is 0 Å². The molecule has 0 fully saturated rings. The van der Waals surface area contributed by atoms with E-state index in [9.17, 15) is 0 Å². The van der Waals surface area contributed by atoms with Gasteiger partial charge in [-0.25, -0.2) is 0 Å². The van der Waals surface area contributed by atoms with Crippen molar-refractivity contribution in [2.75, 3.05) is 13.1 Å². The van der Waals surface area contributed by atoms with Crippen LogP contribution in [-0.4, -0.2) is 18.0 Å². The Morgan fingerprint density at radius 2 is 1.88 bits per heavy atom. The number of benzene rings is 1. The van der Waals surface area contributed by atoms with Crippen molar-refractivity contribution in [2.45, 2.75) is 45.7 Å². The lowest BCUT2D eigenvalue weighted by atomic mass is 9.85. The van der Waals surface area contributed by atoms with E-state index in [0.717, 1.165) is 32.6 Å². The highest BCUT2D eigenvalue weighted by molar-refractivity contribution is 5.37. The van der Waals surface area contributed by atoms with Crippen molar-refractivity contribution in [3.05, 3.63) is 34.9 Å². The summed E-state index contributed by atoms with van der Waals surface area (Å²) < 4.78 is 0. The normalized spacial score (nSPS) is 16.2. The van der Waals surface area contributed by atoms with E-state index >= 15 is 0 Å². The van der Waals surface area contributed by atoms with Gasteiger partial charge in [0.1, 0.15) is 0 Å². The Bertz CT molecular complexity index is 390. The molecule has 2 N–H and O–H groups in total. The minimum absolute atomic E-state index is 0.250. The molecule has 0 bridgehead atoms. The second kappa shape index (κ2) is 4.79. The van der Waals surface area contributed by atoms with Crippen LogP contribution in [0.15, 0.2) is 18.2 Å². The third-order valence-corrected chi connectivity index (χ3v) is 3.54. The molecule has 1 heterocycles. The molecule has 0 radical (unpaired) electrons. The van der Waals surface area contributed by atoms with Crippen LogP contribution in [0.1, 0.15) is 43.9 Å². The van der Waals surface area contributed by atoms with Crippen molar-refractivity contribution in [1.82, 2.24) is 4.90 Å². The van der Waals surface area contributed by atoms with Gasteiger partial charge in [-0.05, 0) is 35.1 Å². The van der Waals surface area contributed by atoms with Gasteiger partial charge >= 0.3 is 0 Å². The summed E-state index contributed by atoms with van der Waals surface area (Å²) in [4.78, 5) is 2.49. The van der Waals surface area contributed by atoms with E-state index in [1.165, 1.54) is 16.7 Å². The van der Waals surface area contributed by atoms with Crippen LogP contribution in [-0.2, 0) is 18.5 Å². The first kappa shape index (κ1) is 12.6. The Morgan fingerprint density at radius 1 is 1.18 bits per heavy atom. The van der Waals surface area contributed by atoms with Crippen LogP contribution in [0.2, 0.25) is 0 Å². The first-order chi connectivity index (χ1) is 8.00. The standard InChI is InChI=1S/C15H24N2/c1-15(2,3)14-6-5-12-10-17(8-4-7-16)11-13(12)9-14/h5-6,9H,4,7-8,10-11,16H2,1-3H3. The van der Waals surface area contributed by atoms with Gasteiger partial charge in [-0.2, -0.15) is 0 Å². The zero-order valence-corrected chi connectivity index (χ0v) is 11.3. The quantitative estimate of drug-likeness (QED) is 0.868. The van der Waals surface area contributed by atoms with E-state index < -0.39 is 0 Å². The zero-order chi connectivity index (χ0) is 12.5. The lowest BCUT2D eigenvalue weighted by Gasteiger charge is -2.19. The molecule has 1 aromatic carbocycles. The second-order valence-corrected chi connectivity index (χ2v) is 6.09. The summed E-state index contributed by atoms with van der Waals surface area (Å²) in [5.41, 5.74) is 10.3. The van der Waals surface area contributed by atoms with Crippen molar-refractivity contribution < 1.29 is 0 Å². The Hall–Kier alpha value is -0.860. The number of hydrogen-bond acceptors (Lipinski definition) is 2. The number of nitrogens with two attached hydrogens (primary N) is 1. The van der Waals surface area contributed by atoms with Gasteiger partial charge in [0.25, 0.3) is 0 Å². The largest absolute Gasteiger partial charge is 0.330 e. The fourth-order valence-corrected chi connectivity index (χ4v) is 2.40. The van der Waals surface area contributed by atoms with Crippen LogP contribution in [0, 0.1) is 0 Å². The van der Waals surface area contributed by atoms with Crippen molar-refractivity contribution in [1.29, 1.82) is 0 Å². The molecule has 1 aliphatic rings. The highest BCUT2D eigenvalue weighted by atomic mass is 15.1. The molecule has 0 spiro atoms. The van der Waals surface area contributed by atoms with Gasteiger partial charge in [-0.1, -0.05) is 39.0 Å². The topological polar surface area (TPSA) is 29.3 Å². The van der Waals surface area contributed by atoms with Crippen LogP contribution < -0.4 is 5.73 Å². The highest BCUT2D eigenvalue weighted by Crippen LogP contribution is 2.29. The molecule has 1 aromatic rings. The molecule has 0 unspecified atom stereocenters. The Balaban J connectivity index is 2.11. The highest BCUT2D eigenvalue weighted by Gasteiger charge is 2.21. The van der Waals surface area contributed by atoms with Gasteiger partial charge in [0, 0.05) is 19.6 Å². The van der Waals surface area contributed by atoms with Gasteiger partial charge < -0.3 is 5.73 Å². The summed E-state index contributed by atoms with van der Waals surface area (Å²) in [6.45, 7) is 10.9. The molecular formula is C15H24N2. The first-order valence-corrected chi connectivity index (χ1v) is 6.55. The van der Waals surface area contributed by atoms with Crippen molar-refractivity contribution in [3.8, 4) is 0 Å². The molecule has 94 valence electrons. The molecule has 0 aromatic heterocycles. The third kappa shape index (κ3) is 2.88. The van der Waals surface area contributed by atoms with Gasteiger partial charge in [0.15, 0.2) is 0 Å². The van der Waals surface area contributed by atoms with Gasteiger partial charge in [-0.3, -0.25) is 4.90 Å². The van der Waals surface area contributed by atoms with Crippen LogP contribution in [0.5, 0.6) is 0 Å². The van der Waals surface area contributed by atoms with Crippen molar-refractivity contribution in [3.63, 3.8) is 0 Å². The van der Waals surface area contributed by atoms with E-state index in [1.54, 1.807) is 0 Å². The summed E-state index contributed by atoms with van der Waals surface area (Å²) in [6, 6.07) is 6.97. The monoisotopic (exact) mass is 232 g/mol. The second-order valence-electron chi connectivity index (χ2n) is 6.09. The molecule has 0 amide bonds. The number of rotatable bonds is 3. The van der Waals surface area contributed by atoms with E-state index in [1.807, 2.05) is 0 Å².